The lowest BCUT2D eigenvalue weighted by Gasteiger charge is -2.12. The summed E-state index contributed by atoms with van der Waals surface area (Å²) >= 11 is 11.9. The fourth-order valence-corrected chi connectivity index (χ4v) is 2.16. The number of rotatable bonds is 5. The molecule has 2 rings (SSSR count). The van der Waals surface area contributed by atoms with Gasteiger partial charge in [-0.15, -0.1) is 0 Å². The van der Waals surface area contributed by atoms with E-state index in [4.69, 9.17) is 27.9 Å². The van der Waals surface area contributed by atoms with Crippen LogP contribution in [-0.2, 0) is 13.2 Å². The molecule has 0 saturated heterocycles. The number of ether oxygens (including phenoxy) is 1. The maximum atomic E-state index is 9.24. The van der Waals surface area contributed by atoms with Crippen molar-refractivity contribution < 1.29 is 9.84 Å². The standard InChI is InChI=1S/C12H12Cl2N2O2/c13-10-6-9(8-17)12(11(14)7-10)18-5-4-16-3-1-2-15-16/h1-3,6-7,17H,4-5,8H2. The number of benzene rings is 1. The second-order valence-electron chi connectivity index (χ2n) is 3.65. The lowest BCUT2D eigenvalue weighted by atomic mass is 10.2. The third-order valence-corrected chi connectivity index (χ3v) is 2.88. The molecule has 6 heteroatoms. The maximum absolute atomic E-state index is 9.24. The normalized spacial score (nSPS) is 10.6. The Kier molecular flexibility index (Phi) is 4.47. The molecule has 0 aliphatic carbocycles. The first-order valence-corrected chi connectivity index (χ1v) is 6.15. The quantitative estimate of drug-likeness (QED) is 0.919. The van der Waals surface area contributed by atoms with Gasteiger partial charge in [0.25, 0.3) is 0 Å². The van der Waals surface area contributed by atoms with Crippen LogP contribution in [0.1, 0.15) is 5.56 Å². The molecular formula is C12H12Cl2N2O2. The van der Waals surface area contributed by atoms with Crippen LogP contribution in [0, 0.1) is 0 Å². The molecule has 2 aromatic rings. The molecule has 0 aliphatic rings. The van der Waals surface area contributed by atoms with Crippen LogP contribution in [0.2, 0.25) is 10.0 Å². The Morgan fingerprint density at radius 1 is 1.33 bits per heavy atom. The number of aliphatic hydroxyl groups excluding tert-OH is 1. The van der Waals surface area contributed by atoms with E-state index in [1.807, 2.05) is 12.3 Å². The lowest BCUT2D eigenvalue weighted by Crippen LogP contribution is -2.09. The summed E-state index contributed by atoms with van der Waals surface area (Å²) in [5, 5.41) is 14.2. The molecule has 0 saturated carbocycles. The van der Waals surface area contributed by atoms with Gasteiger partial charge in [-0.2, -0.15) is 5.10 Å². The van der Waals surface area contributed by atoms with Crippen molar-refractivity contribution >= 4 is 23.2 Å². The Morgan fingerprint density at radius 3 is 2.83 bits per heavy atom. The van der Waals surface area contributed by atoms with Crippen LogP contribution in [-0.4, -0.2) is 21.5 Å². The minimum absolute atomic E-state index is 0.169. The van der Waals surface area contributed by atoms with E-state index in [0.717, 1.165) is 0 Å². The van der Waals surface area contributed by atoms with Crippen molar-refractivity contribution in [3.8, 4) is 5.75 Å². The van der Waals surface area contributed by atoms with E-state index in [0.29, 0.717) is 34.5 Å². The van der Waals surface area contributed by atoms with Gasteiger partial charge in [-0.3, -0.25) is 4.68 Å². The van der Waals surface area contributed by atoms with E-state index < -0.39 is 0 Å². The highest BCUT2D eigenvalue weighted by Gasteiger charge is 2.10. The van der Waals surface area contributed by atoms with Gasteiger partial charge in [0.1, 0.15) is 12.4 Å². The summed E-state index contributed by atoms with van der Waals surface area (Å²) in [5.74, 6) is 0.468. The molecule has 0 fully saturated rings. The van der Waals surface area contributed by atoms with E-state index in [2.05, 4.69) is 5.10 Å². The summed E-state index contributed by atoms with van der Waals surface area (Å²) in [4.78, 5) is 0. The molecule has 4 nitrogen and oxygen atoms in total. The van der Waals surface area contributed by atoms with Gasteiger partial charge < -0.3 is 9.84 Å². The van der Waals surface area contributed by atoms with Crippen LogP contribution in [0.4, 0.5) is 0 Å². The molecule has 0 amide bonds. The van der Waals surface area contributed by atoms with Gasteiger partial charge in [-0.05, 0) is 18.2 Å². The molecule has 1 heterocycles. The van der Waals surface area contributed by atoms with Crippen molar-refractivity contribution in [1.82, 2.24) is 9.78 Å². The summed E-state index contributed by atoms with van der Waals surface area (Å²) in [6.07, 6.45) is 3.55. The van der Waals surface area contributed by atoms with Crippen molar-refractivity contribution in [2.24, 2.45) is 0 Å². The first-order valence-electron chi connectivity index (χ1n) is 5.39. The van der Waals surface area contributed by atoms with Crippen molar-refractivity contribution in [2.45, 2.75) is 13.2 Å². The van der Waals surface area contributed by atoms with Crippen molar-refractivity contribution in [1.29, 1.82) is 0 Å². The predicted molar refractivity (Wildman–Crippen MR) is 70.1 cm³/mol. The highest BCUT2D eigenvalue weighted by Crippen LogP contribution is 2.32. The molecule has 0 spiro atoms. The average Bonchev–Trinajstić information content (AvgIpc) is 2.84. The Hall–Kier alpha value is -1.23. The molecule has 0 atom stereocenters. The van der Waals surface area contributed by atoms with Gasteiger partial charge >= 0.3 is 0 Å². The first-order chi connectivity index (χ1) is 8.70. The number of hydrogen-bond acceptors (Lipinski definition) is 3. The fraction of sp³-hybridized carbons (Fsp3) is 0.250. The Labute approximate surface area is 115 Å². The van der Waals surface area contributed by atoms with Gasteiger partial charge in [-0.25, -0.2) is 0 Å². The Morgan fingerprint density at radius 2 is 2.17 bits per heavy atom. The number of aliphatic hydroxyl groups is 1. The molecule has 1 aromatic carbocycles. The second kappa shape index (κ2) is 6.09. The summed E-state index contributed by atoms with van der Waals surface area (Å²) < 4.78 is 7.33. The van der Waals surface area contributed by atoms with Crippen LogP contribution < -0.4 is 4.74 Å². The highest BCUT2D eigenvalue weighted by molar-refractivity contribution is 6.35. The van der Waals surface area contributed by atoms with Gasteiger partial charge in [0.2, 0.25) is 0 Å². The van der Waals surface area contributed by atoms with Crippen LogP contribution in [0.25, 0.3) is 0 Å². The largest absolute Gasteiger partial charge is 0.490 e. The Bertz CT molecular complexity index is 515. The van der Waals surface area contributed by atoms with Gasteiger partial charge in [0.15, 0.2) is 0 Å². The summed E-state index contributed by atoms with van der Waals surface area (Å²) in [5.41, 5.74) is 0.577. The van der Waals surface area contributed by atoms with Gasteiger partial charge in [0.05, 0.1) is 18.2 Å². The van der Waals surface area contributed by atoms with E-state index in [1.54, 1.807) is 23.0 Å². The molecule has 0 aliphatic heterocycles. The molecule has 96 valence electrons. The zero-order chi connectivity index (χ0) is 13.0. The van der Waals surface area contributed by atoms with Crippen LogP contribution in [0.5, 0.6) is 5.75 Å². The summed E-state index contributed by atoms with van der Waals surface area (Å²) in [6.45, 7) is 0.851. The van der Waals surface area contributed by atoms with Crippen LogP contribution in [0.3, 0.4) is 0 Å². The number of halogens is 2. The van der Waals surface area contributed by atoms with E-state index >= 15 is 0 Å². The van der Waals surface area contributed by atoms with Crippen molar-refractivity contribution in [3.63, 3.8) is 0 Å². The van der Waals surface area contributed by atoms with Crippen LogP contribution >= 0.6 is 23.2 Å². The highest BCUT2D eigenvalue weighted by atomic mass is 35.5. The molecular weight excluding hydrogens is 275 g/mol. The molecule has 1 N–H and O–H groups in total. The van der Waals surface area contributed by atoms with E-state index in [9.17, 15) is 5.11 Å². The van der Waals surface area contributed by atoms with Crippen molar-refractivity contribution in [2.75, 3.05) is 6.61 Å². The second-order valence-corrected chi connectivity index (χ2v) is 4.50. The van der Waals surface area contributed by atoms with E-state index in [-0.39, 0.29) is 6.61 Å². The molecule has 18 heavy (non-hydrogen) atoms. The average molecular weight is 287 g/mol. The minimum atomic E-state index is -0.169. The minimum Gasteiger partial charge on any atom is -0.490 e. The molecule has 0 unspecified atom stereocenters. The third-order valence-electron chi connectivity index (χ3n) is 2.38. The summed E-state index contributed by atoms with van der Waals surface area (Å²) in [6, 6.07) is 5.07. The number of hydrogen-bond donors (Lipinski definition) is 1. The molecule has 1 aromatic heterocycles. The number of nitrogens with zero attached hydrogens (tertiary/aromatic N) is 2. The molecule has 0 bridgehead atoms. The number of aromatic nitrogens is 2. The van der Waals surface area contributed by atoms with Crippen molar-refractivity contribution in [3.05, 3.63) is 46.2 Å². The molecule has 0 radical (unpaired) electrons. The van der Waals surface area contributed by atoms with E-state index in [1.165, 1.54) is 0 Å². The smallest absolute Gasteiger partial charge is 0.143 e. The van der Waals surface area contributed by atoms with Gasteiger partial charge in [-0.1, -0.05) is 23.2 Å². The topological polar surface area (TPSA) is 47.3 Å². The predicted octanol–water partition coefficient (Wildman–Crippen LogP) is 2.76. The third kappa shape index (κ3) is 3.16. The maximum Gasteiger partial charge on any atom is 0.143 e. The zero-order valence-corrected chi connectivity index (χ0v) is 11.0. The monoisotopic (exact) mass is 286 g/mol. The fourth-order valence-electron chi connectivity index (χ4n) is 1.57. The Balaban J connectivity index is 2.04. The van der Waals surface area contributed by atoms with Gasteiger partial charge in [0, 0.05) is 23.0 Å². The van der Waals surface area contributed by atoms with Crippen LogP contribution in [0.15, 0.2) is 30.6 Å². The first kappa shape index (κ1) is 13.2. The zero-order valence-electron chi connectivity index (χ0n) is 9.51. The summed E-state index contributed by atoms with van der Waals surface area (Å²) in [7, 11) is 0. The SMILES string of the molecule is OCc1cc(Cl)cc(Cl)c1OCCn1cccn1. The lowest BCUT2D eigenvalue weighted by molar-refractivity contribution is 0.256.